The first-order valence-corrected chi connectivity index (χ1v) is 12.8. The van der Waals surface area contributed by atoms with Crippen LogP contribution >= 0.6 is 11.3 Å². The van der Waals surface area contributed by atoms with E-state index < -0.39 is 6.36 Å². The maximum absolute atomic E-state index is 13.7. The molecule has 0 saturated carbocycles. The minimum absolute atomic E-state index is 0.0813. The summed E-state index contributed by atoms with van der Waals surface area (Å²) in [6, 6.07) is 12.0. The molecule has 0 spiro atoms. The topological polar surface area (TPSA) is 54.9 Å². The quantitative estimate of drug-likeness (QED) is 0.392. The van der Waals surface area contributed by atoms with Crippen molar-refractivity contribution >= 4 is 17.4 Å². The second-order valence-corrected chi connectivity index (χ2v) is 10.0. The highest BCUT2D eigenvalue weighted by atomic mass is 32.1. The van der Waals surface area contributed by atoms with Gasteiger partial charge in [-0.3, -0.25) is 0 Å². The Kier molecular flexibility index (Phi) is 7.34. The summed E-state index contributed by atoms with van der Waals surface area (Å²) in [6.07, 6.45) is -4.09. The van der Waals surface area contributed by atoms with Gasteiger partial charge in [-0.1, -0.05) is 24.3 Å². The minimum atomic E-state index is -4.76. The molecule has 6 nitrogen and oxygen atoms in total. The predicted octanol–water partition coefficient (Wildman–Crippen LogP) is 5.87. The number of thiazole rings is 1. The van der Waals surface area contributed by atoms with Crippen molar-refractivity contribution in [2.24, 2.45) is 0 Å². The van der Waals surface area contributed by atoms with E-state index in [4.69, 9.17) is 9.72 Å². The van der Waals surface area contributed by atoms with Crippen LogP contribution in [0.3, 0.4) is 0 Å². The number of morpholine rings is 1. The van der Waals surface area contributed by atoms with Crippen molar-refractivity contribution in [2.75, 3.05) is 39.4 Å². The van der Waals surface area contributed by atoms with E-state index >= 15 is 0 Å². The lowest BCUT2D eigenvalue weighted by molar-refractivity contribution is -0.274. The number of urea groups is 1. The van der Waals surface area contributed by atoms with Crippen molar-refractivity contribution in [1.29, 1.82) is 0 Å². The predicted molar refractivity (Wildman–Crippen MR) is 130 cm³/mol. The van der Waals surface area contributed by atoms with E-state index in [0.29, 0.717) is 57.1 Å². The number of carbonyl (C=O) groups is 1. The number of halogens is 4. The number of piperidine rings is 1. The Morgan fingerprint density at radius 2 is 1.76 bits per heavy atom. The number of aromatic nitrogens is 1. The van der Waals surface area contributed by atoms with Crippen molar-refractivity contribution in [3.63, 3.8) is 0 Å². The van der Waals surface area contributed by atoms with Gasteiger partial charge in [-0.2, -0.15) is 0 Å². The summed E-state index contributed by atoms with van der Waals surface area (Å²) in [4.78, 5) is 21.7. The fourth-order valence-electron chi connectivity index (χ4n) is 4.83. The Hall–Kier alpha value is -3.18. The van der Waals surface area contributed by atoms with E-state index in [1.807, 2.05) is 5.38 Å². The summed E-state index contributed by atoms with van der Waals surface area (Å²) < 4.78 is 60.9. The van der Waals surface area contributed by atoms with E-state index in [1.165, 1.54) is 35.6 Å². The average Bonchev–Trinajstić information content (AvgIpc) is 3.39. The lowest BCUT2D eigenvalue weighted by atomic mass is 9.84. The first kappa shape index (κ1) is 25.5. The summed E-state index contributed by atoms with van der Waals surface area (Å²) in [5, 5.41) is 2.71. The molecule has 11 heteroatoms. The highest BCUT2D eigenvalue weighted by molar-refractivity contribution is 7.10. The van der Waals surface area contributed by atoms with Crippen LogP contribution in [-0.2, 0) is 4.74 Å². The lowest BCUT2D eigenvalue weighted by Gasteiger charge is -2.40. The molecule has 1 aromatic heterocycles. The number of hydrogen-bond acceptors (Lipinski definition) is 5. The third-order valence-electron chi connectivity index (χ3n) is 6.58. The molecule has 2 aliphatic rings. The van der Waals surface area contributed by atoms with Crippen molar-refractivity contribution < 1.29 is 31.8 Å². The molecule has 2 amide bonds. The molecule has 0 bridgehead atoms. The van der Waals surface area contributed by atoms with Gasteiger partial charge >= 0.3 is 12.4 Å². The van der Waals surface area contributed by atoms with Gasteiger partial charge in [-0.25, -0.2) is 14.2 Å². The Morgan fingerprint density at radius 3 is 2.46 bits per heavy atom. The highest BCUT2D eigenvalue weighted by Gasteiger charge is 2.36. The molecular weight excluding hydrogens is 510 g/mol. The Morgan fingerprint density at radius 1 is 1.03 bits per heavy atom. The molecule has 196 valence electrons. The first-order chi connectivity index (χ1) is 17.7. The van der Waals surface area contributed by atoms with Crippen LogP contribution in [0.25, 0.3) is 11.3 Å². The summed E-state index contributed by atoms with van der Waals surface area (Å²) in [5.74, 6) is -0.818. The number of ether oxygens (including phenoxy) is 2. The van der Waals surface area contributed by atoms with Gasteiger partial charge in [0.1, 0.15) is 11.6 Å². The van der Waals surface area contributed by atoms with Crippen LogP contribution in [0.5, 0.6) is 5.75 Å². The van der Waals surface area contributed by atoms with Gasteiger partial charge in [0, 0.05) is 49.0 Å². The average molecular weight is 536 g/mol. The number of nitrogens with zero attached hydrogens (tertiary/aromatic N) is 3. The molecule has 0 N–H and O–H groups in total. The van der Waals surface area contributed by atoms with Gasteiger partial charge in [-0.15, -0.1) is 24.5 Å². The monoisotopic (exact) mass is 535 g/mol. The zero-order chi connectivity index (χ0) is 26.0. The van der Waals surface area contributed by atoms with Gasteiger partial charge < -0.3 is 19.3 Å². The Bertz CT molecular complexity index is 1230. The summed E-state index contributed by atoms with van der Waals surface area (Å²) in [6.45, 7) is 2.89. The van der Waals surface area contributed by atoms with Crippen molar-refractivity contribution in [3.05, 3.63) is 70.3 Å². The summed E-state index contributed by atoms with van der Waals surface area (Å²) in [7, 11) is 0. The fraction of sp³-hybridized carbons (Fsp3) is 0.385. The number of amides is 2. The number of alkyl halides is 3. The van der Waals surface area contributed by atoms with Gasteiger partial charge in [0.05, 0.1) is 23.9 Å². The number of rotatable bonds is 4. The van der Waals surface area contributed by atoms with Crippen molar-refractivity contribution in [2.45, 2.75) is 24.6 Å². The van der Waals surface area contributed by atoms with E-state index in [2.05, 4.69) is 4.74 Å². The van der Waals surface area contributed by atoms with Crippen LogP contribution in [-0.4, -0.2) is 66.6 Å². The van der Waals surface area contributed by atoms with Crippen LogP contribution in [0.1, 0.15) is 28.8 Å². The largest absolute Gasteiger partial charge is 0.573 e. The maximum Gasteiger partial charge on any atom is 0.573 e. The van der Waals surface area contributed by atoms with Gasteiger partial charge in [0.2, 0.25) is 0 Å². The normalized spacial score (nSPS) is 20.6. The maximum atomic E-state index is 13.7. The second kappa shape index (κ2) is 10.7. The molecule has 2 aliphatic heterocycles. The first-order valence-electron chi connectivity index (χ1n) is 11.9. The van der Waals surface area contributed by atoms with Crippen molar-refractivity contribution in [3.8, 4) is 17.0 Å². The number of benzene rings is 2. The molecule has 37 heavy (non-hydrogen) atoms. The van der Waals surface area contributed by atoms with Crippen molar-refractivity contribution in [1.82, 2.24) is 14.8 Å². The molecule has 3 heterocycles. The lowest BCUT2D eigenvalue weighted by Crippen LogP contribution is -2.52. The molecule has 5 rings (SSSR count). The molecule has 2 unspecified atom stereocenters. The van der Waals surface area contributed by atoms with Crippen LogP contribution < -0.4 is 4.74 Å². The van der Waals surface area contributed by atoms with Crippen LogP contribution in [0, 0.1) is 5.82 Å². The molecular formula is C26H25F4N3O3S. The number of likely N-dealkylation sites (tertiary alicyclic amines) is 1. The van der Waals surface area contributed by atoms with E-state index in [-0.39, 0.29) is 29.4 Å². The van der Waals surface area contributed by atoms with Crippen LogP contribution in [0.15, 0.2) is 53.9 Å². The molecule has 2 saturated heterocycles. The van der Waals surface area contributed by atoms with Gasteiger partial charge in [-0.05, 0) is 36.2 Å². The van der Waals surface area contributed by atoms with E-state index in [1.54, 1.807) is 34.1 Å². The summed E-state index contributed by atoms with van der Waals surface area (Å²) >= 11 is 1.46. The highest BCUT2D eigenvalue weighted by Crippen LogP contribution is 2.39. The molecule has 0 radical (unpaired) electrons. The van der Waals surface area contributed by atoms with Gasteiger partial charge in [0.25, 0.3) is 0 Å². The van der Waals surface area contributed by atoms with E-state index in [0.717, 1.165) is 10.6 Å². The molecule has 2 aromatic carbocycles. The fourth-order valence-corrected chi connectivity index (χ4v) is 5.76. The standard InChI is InChI=1S/C26H25F4N3O3S/c27-21-3-1-2-18(13-21)23-16-37-24(31-23)20-12-19(17-4-6-22(7-5-17)36-26(28,29)30)14-33(15-20)25(34)32-8-10-35-11-9-32/h1-7,13,16,19-20H,8-12,14-15H2. The molecule has 2 fully saturated rings. The molecule has 0 aliphatic carbocycles. The number of carbonyl (C=O) groups excluding carboxylic acids is 1. The van der Waals surface area contributed by atoms with Gasteiger partial charge in [0.15, 0.2) is 0 Å². The minimum Gasteiger partial charge on any atom is -0.406 e. The zero-order valence-electron chi connectivity index (χ0n) is 19.8. The SMILES string of the molecule is O=C(N1CCOCC1)N1CC(c2ccc(OC(F)(F)F)cc2)CC(c2nc(-c3cccc(F)c3)cs2)C1. The third kappa shape index (κ3) is 6.22. The summed E-state index contributed by atoms with van der Waals surface area (Å²) in [5.41, 5.74) is 2.17. The number of hydrogen-bond donors (Lipinski definition) is 0. The third-order valence-corrected chi connectivity index (χ3v) is 7.59. The zero-order valence-corrected chi connectivity index (χ0v) is 20.6. The smallest absolute Gasteiger partial charge is 0.406 e. The Balaban J connectivity index is 1.40. The molecule has 2 atom stereocenters. The van der Waals surface area contributed by atoms with E-state index in [9.17, 15) is 22.4 Å². The van der Waals surface area contributed by atoms with Crippen LogP contribution in [0.4, 0.5) is 22.4 Å². The second-order valence-electron chi connectivity index (χ2n) is 9.11. The van der Waals surface area contributed by atoms with Crippen LogP contribution in [0.2, 0.25) is 0 Å². The molecule has 3 aromatic rings. The Labute approximate surface area is 215 Å².